The molecule has 1 fully saturated rings. The summed E-state index contributed by atoms with van der Waals surface area (Å²) in [6, 6.07) is 2.11. The molecule has 0 aliphatic carbocycles. The summed E-state index contributed by atoms with van der Waals surface area (Å²) in [5.41, 5.74) is 1.25. The van der Waals surface area contributed by atoms with Crippen LogP contribution in [0.25, 0.3) is 0 Å². The van der Waals surface area contributed by atoms with Gasteiger partial charge in [0.1, 0.15) is 0 Å². The third kappa shape index (κ3) is 6.77. The lowest BCUT2D eigenvalue weighted by atomic mass is 10.2. The molecule has 1 aromatic heterocycles. The quantitative estimate of drug-likeness (QED) is 0.416. The van der Waals surface area contributed by atoms with Gasteiger partial charge in [-0.1, -0.05) is 0 Å². The first-order chi connectivity index (χ1) is 10.9. The number of ether oxygens (including phenoxy) is 2. The topological polar surface area (TPSA) is 54.9 Å². The summed E-state index contributed by atoms with van der Waals surface area (Å²) in [4.78, 5) is 4.58. The number of hydrogen-bond acceptors (Lipinski definition) is 4. The van der Waals surface area contributed by atoms with E-state index in [1.165, 1.54) is 12.0 Å². The van der Waals surface area contributed by atoms with Crippen LogP contribution in [-0.2, 0) is 16.0 Å². The molecule has 124 valence electrons. The summed E-state index contributed by atoms with van der Waals surface area (Å²) in [5, 5.41) is 10.8. The first-order valence-corrected chi connectivity index (χ1v) is 9.05. The van der Waals surface area contributed by atoms with E-state index in [0.29, 0.717) is 12.6 Å². The van der Waals surface area contributed by atoms with Crippen LogP contribution in [0, 0.1) is 0 Å². The Hall–Kier alpha value is -1.11. The maximum atomic E-state index is 5.65. The monoisotopic (exact) mass is 325 g/mol. The van der Waals surface area contributed by atoms with Gasteiger partial charge in [-0.15, -0.1) is 0 Å². The fraction of sp³-hybridized carbons (Fsp3) is 0.688. The zero-order valence-corrected chi connectivity index (χ0v) is 14.2. The van der Waals surface area contributed by atoms with Crippen LogP contribution >= 0.6 is 11.3 Å². The minimum atomic E-state index is 0.317. The summed E-state index contributed by atoms with van der Waals surface area (Å²) < 4.78 is 11.2. The largest absolute Gasteiger partial charge is 0.379 e. The van der Waals surface area contributed by atoms with E-state index in [2.05, 4.69) is 39.4 Å². The van der Waals surface area contributed by atoms with Gasteiger partial charge in [-0.3, -0.25) is 0 Å². The zero-order valence-electron chi connectivity index (χ0n) is 13.3. The standard InChI is InChI=1S/C16H27N3O2S/c1-2-17-16(19-11-14-6-10-22-13-14)18-7-4-8-20-12-15-5-3-9-21-15/h6,10,13,15H,2-5,7-9,11-12H2,1H3,(H2,17,18,19). The molecule has 2 N–H and O–H groups in total. The van der Waals surface area contributed by atoms with Crippen LogP contribution < -0.4 is 10.6 Å². The van der Waals surface area contributed by atoms with Crippen molar-refractivity contribution in [2.45, 2.75) is 38.8 Å². The Bertz CT molecular complexity index is 417. The van der Waals surface area contributed by atoms with E-state index < -0.39 is 0 Å². The molecule has 0 aromatic carbocycles. The Morgan fingerprint density at radius 1 is 1.50 bits per heavy atom. The van der Waals surface area contributed by atoms with Gasteiger partial charge in [0.2, 0.25) is 0 Å². The van der Waals surface area contributed by atoms with E-state index in [-0.39, 0.29) is 0 Å². The minimum absolute atomic E-state index is 0.317. The molecule has 1 aliphatic rings. The van der Waals surface area contributed by atoms with Crippen LogP contribution in [0.3, 0.4) is 0 Å². The lowest BCUT2D eigenvalue weighted by molar-refractivity contribution is 0.0168. The molecule has 1 atom stereocenters. The Morgan fingerprint density at radius 3 is 3.18 bits per heavy atom. The van der Waals surface area contributed by atoms with Gasteiger partial charge in [0.25, 0.3) is 0 Å². The summed E-state index contributed by atoms with van der Waals surface area (Å²) in [7, 11) is 0. The van der Waals surface area contributed by atoms with Crippen LogP contribution in [0.1, 0.15) is 31.7 Å². The maximum Gasteiger partial charge on any atom is 0.191 e. The molecule has 6 heteroatoms. The predicted molar refractivity (Wildman–Crippen MR) is 91.5 cm³/mol. The number of rotatable bonds is 9. The van der Waals surface area contributed by atoms with Crippen molar-refractivity contribution >= 4 is 17.3 Å². The van der Waals surface area contributed by atoms with Gasteiger partial charge >= 0.3 is 0 Å². The van der Waals surface area contributed by atoms with Gasteiger partial charge in [-0.2, -0.15) is 11.3 Å². The molecule has 1 aromatic rings. The third-order valence-corrected chi connectivity index (χ3v) is 4.16. The molecular formula is C16H27N3O2S. The van der Waals surface area contributed by atoms with Gasteiger partial charge < -0.3 is 20.1 Å². The third-order valence-electron chi connectivity index (χ3n) is 3.43. The average Bonchev–Trinajstić information content (AvgIpc) is 3.21. The number of nitrogens with zero attached hydrogens (tertiary/aromatic N) is 1. The molecule has 2 heterocycles. The van der Waals surface area contributed by atoms with Crippen molar-refractivity contribution in [3.63, 3.8) is 0 Å². The van der Waals surface area contributed by atoms with Crippen LogP contribution in [0.15, 0.2) is 21.8 Å². The van der Waals surface area contributed by atoms with Crippen molar-refractivity contribution in [1.82, 2.24) is 10.6 Å². The second kappa shape index (κ2) is 10.6. The highest BCUT2D eigenvalue weighted by Gasteiger charge is 2.14. The fourth-order valence-corrected chi connectivity index (χ4v) is 2.93. The van der Waals surface area contributed by atoms with Crippen molar-refractivity contribution in [2.24, 2.45) is 4.99 Å². The Morgan fingerprint density at radius 2 is 2.45 bits per heavy atom. The average molecular weight is 325 g/mol. The lowest BCUT2D eigenvalue weighted by Gasteiger charge is -2.12. The number of thiophene rings is 1. The van der Waals surface area contributed by atoms with Gasteiger partial charge in [0.15, 0.2) is 5.96 Å². The van der Waals surface area contributed by atoms with E-state index >= 15 is 0 Å². The van der Waals surface area contributed by atoms with Gasteiger partial charge in [-0.25, -0.2) is 4.99 Å². The second-order valence-electron chi connectivity index (χ2n) is 5.32. The first-order valence-electron chi connectivity index (χ1n) is 8.11. The summed E-state index contributed by atoms with van der Waals surface area (Å²) in [5.74, 6) is 0.868. The van der Waals surface area contributed by atoms with E-state index in [0.717, 1.165) is 51.7 Å². The zero-order chi connectivity index (χ0) is 15.5. The molecule has 22 heavy (non-hydrogen) atoms. The predicted octanol–water partition coefficient (Wildman–Crippen LogP) is 2.39. The van der Waals surface area contributed by atoms with E-state index in [9.17, 15) is 0 Å². The number of guanidine groups is 1. The Labute approximate surface area is 137 Å². The molecule has 0 amide bonds. The van der Waals surface area contributed by atoms with E-state index in [4.69, 9.17) is 9.47 Å². The smallest absolute Gasteiger partial charge is 0.191 e. The summed E-state index contributed by atoms with van der Waals surface area (Å²) >= 11 is 1.71. The van der Waals surface area contributed by atoms with Crippen LogP contribution in [0.4, 0.5) is 0 Å². The number of nitrogens with one attached hydrogen (secondary N) is 2. The normalized spacial score (nSPS) is 18.6. The number of hydrogen-bond donors (Lipinski definition) is 2. The lowest BCUT2D eigenvalue weighted by Crippen LogP contribution is -2.38. The SMILES string of the molecule is CCNC(=NCc1ccsc1)NCCCOCC1CCCO1. The van der Waals surface area contributed by atoms with Crippen molar-refractivity contribution in [3.05, 3.63) is 22.4 Å². The minimum Gasteiger partial charge on any atom is -0.379 e. The van der Waals surface area contributed by atoms with Crippen LogP contribution in [-0.4, -0.2) is 45.0 Å². The second-order valence-corrected chi connectivity index (χ2v) is 6.10. The van der Waals surface area contributed by atoms with Crippen LogP contribution in [0.2, 0.25) is 0 Å². The van der Waals surface area contributed by atoms with Crippen LogP contribution in [0.5, 0.6) is 0 Å². The van der Waals surface area contributed by atoms with Gasteiger partial charge in [-0.05, 0) is 48.6 Å². The molecule has 1 saturated heterocycles. The Kier molecular flexibility index (Phi) is 8.30. The van der Waals surface area contributed by atoms with E-state index in [1.807, 2.05) is 0 Å². The molecule has 0 bridgehead atoms. The maximum absolute atomic E-state index is 5.65. The highest BCUT2D eigenvalue weighted by Crippen LogP contribution is 2.11. The molecule has 1 aliphatic heterocycles. The van der Waals surface area contributed by atoms with E-state index in [1.54, 1.807) is 11.3 Å². The molecule has 1 unspecified atom stereocenters. The van der Waals surface area contributed by atoms with Crippen molar-refractivity contribution in [1.29, 1.82) is 0 Å². The Balaban J connectivity index is 1.56. The highest BCUT2D eigenvalue weighted by molar-refractivity contribution is 7.07. The highest BCUT2D eigenvalue weighted by atomic mass is 32.1. The van der Waals surface area contributed by atoms with Crippen molar-refractivity contribution in [3.8, 4) is 0 Å². The number of aliphatic imine (C=N–C) groups is 1. The molecule has 0 spiro atoms. The van der Waals surface area contributed by atoms with Crippen molar-refractivity contribution in [2.75, 3.05) is 32.9 Å². The molecule has 2 rings (SSSR count). The van der Waals surface area contributed by atoms with Crippen molar-refractivity contribution < 1.29 is 9.47 Å². The van der Waals surface area contributed by atoms with Gasteiger partial charge in [0, 0.05) is 26.3 Å². The molecular weight excluding hydrogens is 298 g/mol. The molecule has 0 saturated carbocycles. The molecule has 5 nitrogen and oxygen atoms in total. The fourth-order valence-electron chi connectivity index (χ4n) is 2.27. The first kappa shape index (κ1) is 17.2. The molecule has 0 radical (unpaired) electrons. The summed E-state index contributed by atoms with van der Waals surface area (Å²) in [6.07, 6.45) is 3.59. The summed E-state index contributed by atoms with van der Waals surface area (Å²) in [6.45, 7) is 6.90. The van der Waals surface area contributed by atoms with Gasteiger partial charge in [0.05, 0.1) is 19.3 Å².